The molecule has 0 fully saturated rings. The molecule has 0 spiro atoms. The Kier molecular flexibility index (Phi) is 5.54. The Morgan fingerprint density at radius 2 is 1.95 bits per heavy atom. The molecule has 1 aliphatic carbocycles. The molecule has 1 heterocycles. The molecule has 0 radical (unpaired) electrons. The van der Waals surface area contributed by atoms with Gasteiger partial charge in [-0.3, -0.25) is 9.59 Å². The Morgan fingerprint density at radius 3 is 2.64 bits per heavy atom. The van der Waals surface area contributed by atoms with E-state index >= 15 is 0 Å². The molecule has 1 aromatic rings. The third-order valence-electron chi connectivity index (χ3n) is 3.34. The van der Waals surface area contributed by atoms with Gasteiger partial charge in [0.15, 0.2) is 0 Å². The van der Waals surface area contributed by atoms with Crippen molar-refractivity contribution in [3.63, 3.8) is 0 Å². The van der Waals surface area contributed by atoms with Gasteiger partial charge in [-0.2, -0.15) is 0 Å². The largest absolute Gasteiger partial charge is 0.353 e. The van der Waals surface area contributed by atoms with Gasteiger partial charge in [-0.15, -0.1) is 11.3 Å². The van der Waals surface area contributed by atoms with Crippen molar-refractivity contribution in [1.29, 1.82) is 0 Å². The number of primary sulfonamides is 1. The first-order chi connectivity index (χ1) is 10.3. The van der Waals surface area contributed by atoms with E-state index in [1.54, 1.807) is 0 Å². The molecule has 0 saturated carbocycles. The smallest absolute Gasteiger partial charge is 0.261 e. The van der Waals surface area contributed by atoms with Crippen LogP contribution in [0.25, 0.3) is 0 Å². The van der Waals surface area contributed by atoms with Gasteiger partial charge in [0, 0.05) is 11.4 Å². The first-order valence-corrected chi connectivity index (χ1v) is 9.55. The van der Waals surface area contributed by atoms with E-state index in [1.807, 2.05) is 6.07 Å². The number of fused-ring (bicyclic) bond motifs is 1. The molecule has 9 heteroatoms. The van der Waals surface area contributed by atoms with Crippen LogP contribution in [0.3, 0.4) is 0 Å². The van der Waals surface area contributed by atoms with Gasteiger partial charge in [-0.1, -0.05) is 0 Å². The highest BCUT2D eigenvalue weighted by molar-refractivity contribution is 7.89. The zero-order chi connectivity index (χ0) is 16.2. The number of aryl methyl sites for hydroxylation is 2. The lowest BCUT2D eigenvalue weighted by Gasteiger charge is -2.08. The van der Waals surface area contributed by atoms with Gasteiger partial charge in [0.05, 0.1) is 17.2 Å². The van der Waals surface area contributed by atoms with Crippen LogP contribution in [0.2, 0.25) is 0 Å². The van der Waals surface area contributed by atoms with Gasteiger partial charge in [0.1, 0.15) is 0 Å². The quantitative estimate of drug-likeness (QED) is 0.659. The summed E-state index contributed by atoms with van der Waals surface area (Å²) >= 11 is 1.48. The summed E-state index contributed by atoms with van der Waals surface area (Å²) in [6.45, 7) is -0.257. The first kappa shape index (κ1) is 16.9. The zero-order valence-electron chi connectivity index (χ0n) is 12.1. The predicted octanol–water partition coefficient (Wildman–Crippen LogP) is -0.239. The summed E-state index contributed by atoms with van der Waals surface area (Å²) in [4.78, 5) is 25.4. The molecule has 22 heavy (non-hydrogen) atoms. The van der Waals surface area contributed by atoms with Gasteiger partial charge < -0.3 is 10.6 Å². The molecule has 0 aliphatic heterocycles. The predicted molar refractivity (Wildman–Crippen MR) is 84.3 cm³/mol. The van der Waals surface area contributed by atoms with Crippen LogP contribution in [0.4, 0.5) is 0 Å². The van der Waals surface area contributed by atoms with Crippen LogP contribution in [0.1, 0.15) is 33.0 Å². The maximum atomic E-state index is 12.0. The summed E-state index contributed by atoms with van der Waals surface area (Å²) in [6.07, 6.45) is 4.33. The number of thiophene rings is 1. The standard InChI is InChI=1S/C13H19N3O4S2/c14-22(19,20)6-5-15-12(17)8-16-13(18)11-7-9-3-1-2-4-10(9)21-11/h7H,1-6,8H2,(H,15,17)(H,16,18)(H2,14,19,20). The Labute approximate surface area is 133 Å². The minimum Gasteiger partial charge on any atom is -0.353 e. The van der Waals surface area contributed by atoms with Gasteiger partial charge in [-0.25, -0.2) is 13.6 Å². The molecule has 2 rings (SSSR count). The topological polar surface area (TPSA) is 118 Å². The number of nitrogens with two attached hydrogens (primary N) is 1. The summed E-state index contributed by atoms with van der Waals surface area (Å²) < 4.78 is 21.4. The Morgan fingerprint density at radius 1 is 1.23 bits per heavy atom. The minimum atomic E-state index is -3.60. The van der Waals surface area contributed by atoms with E-state index in [2.05, 4.69) is 10.6 Å². The SMILES string of the molecule is NS(=O)(=O)CCNC(=O)CNC(=O)c1cc2c(s1)CCCC2. The monoisotopic (exact) mass is 345 g/mol. The van der Waals surface area contributed by atoms with Crippen molar-refractivity contribution in [3.05, 3.63) is 21.4 Å². The molecule has 2 amide bonds. The number of nitrogens with one attached hydrogen (secondary N) is 2. The molecule has 122 valence electrons. The van der Waals surface area contributed by atoms with E-state index < -0.39 is 15.9 Å². The zero-order valence-corrected chi connectivity index (χ0v) is 13.7. The van der Waals surface area contributed by atoms with Crippen molar-refractivity contribution >= 4 is 33.2 Å². The molecule has 4 N–H and O–H groups in total. The summed E-state index contributed by atoms with van der Waals surface area (Å²) in [6, 6.07) is 1.90. The first-order valence-electron chi connectivity index (χ1n) is 7.02. The fourth-order valence-corrected chi connectivity index (χ4v) is 3.80. The lowest BCUT2D eigenvalue weighted by molar-refractivity contribution is -0.120. The maximum absolute atomic E-state index is 12.0. The highest BCUT2D eigenvalue weighted by Crippen LogP contribution is 2.29. The normalized spacial score (nSPS) is 14.2. The van der Waals surface area contributed by atoms with Gasteiger partial charge >= 0.3 is 0 Å². The molecule has 7 nitrogen and oxygen atoms in total. The Hall–Kier alpha value is -1.45. The van der Waals surface area contributed by atoms with Gasteiger partial charge in [0.2, 0.25) is 15.9 Å². The van der Waals surface area contributed by atoms with Crippen LogP contribution in [-0.2, 0) is 27.7 Å². The van der Waals surface area contributed by atoms with Gasteiger partial charge in [-0.05, 0) is 37.3 Å². The number of hydrogen-bond donors (Lipinski definition) is 3. The van der Waals surface area contributed by atoms with Crippen molar-refractivity contribution in [2.75, 3.05) is 18.8 Å². The van der Waals surface area contributed by atoms with Crippen LogP contribution in [-0.4, -0.2) is 39.1 Å². The summed E-state index contributed by atoms with van der Waals surface area (Å²) in [5.41, 5.74) is 1.24. The fraction of sp³-hybridized carbons (Fsp3) is 0.538. The van der Waals surface area contributed by atoms with Crippen molar-refractivity contribution < 1.29 is 18.0 Å². The Balaban J connectivity index is 1.77. The van der Waals surface area contributed by atoms with E-state index in [1.165, 1.54) is 21.8 Å². The lowest BCUT2D eigenvalue weighted by atomic mass is 9.99. The second-order valence-electron chi connectivity index (χ2n) is 5.17. The van der Waals surface area contributed by atoms with Crippen LogP contribution in [0.5, 0.6) is 0 Å². The number of carbonyl (C=O) groups is 2. The minimum absolute atomic E-state index is 0.0686. The molecule has 0 unspecified atom stereocenters. The average molecular weight is 345 g/mol. The Bertz CT molecular complexity index is 643. The van der Waals surface area contributed by atoms with Crippen molar-refractivity contribution in [3.8, 4) is 0 Å². The third kappa shape index (κ3) is 5.08. The van der Waals surface area contributed by atoms with Crippen LogP contribution >= 0.6 is 11.3 Å². The highest BCUT2D eigenvalue weighted by Gasteiger charge is 2.17. The molecular weight excluding hydrogens is 326 g/mol. The third-order valence-corrected chi connectivity index (χ3v) is 5.35. The number of sulfonamides is 1. The van der Waals surface area contributed by atoms with E-state index in [0.29, 0.717) is 4.88 Å². The van der Waals surface area contributed by atoms with Crippen LogP contribution in [0, 0.1) is 0 Å². The number of hydrogen-bond acceptors (Lipinski definition) is 5. The molecular formula is C13H19N3O4S2. The van der Waals surface area contributed by atoms with Crippen molar-refractivity contribution in [2.24, 2.45) is 5.14 Å². The average Bonchev–Trinajstić information content (AvgIpc) is 2.87. The van der Waals surface area contributed by atoms with E-state index in [9.17, 15) is 18.0 Å². The summed E-state index contributed by atoms with van der Waals surface area (Å²) in [5.74, 6) is -1.05. The molecule has 0 aromatic carbocycles. The van der Waals surface area contributed by atoms with E-state index in [4.69, 9.17) is 5.14 Å². The highest BCUT2D eigenvalue weighted by atomic mass is 32.2. The van der Waals surface area contributed by atoms with E-state index in [-0.39, 0.29) is 24.7 Å². The maximum Gasteiger partial charge on any atom is 0.261 e. The van der Waals surface area contributed by atoms with Gasteiger partial charge in [0.25, 0.3) is 5.91 Å². The molecule has 1 aliphatic rings. The second kappa shape index (κ2) is 7.21. The van der Waals surface area contributed by atoms with E-state index in [0.717, 1.165) is 25.7 Å². The molecule has 0 bridgehead atoms. The van der Waals surface area contributed by atoms with Crippen LogP contribution in [0.15, 0.2) is 6.07 Å². The number of rotatable bonds is 6. The van der Waals surface area contributed by atoms with Crippen molar-refractivity contribution in [2.45, 2.75) is 25.7 Å². The number of carbonyl (C=O) groups excluding carboxylic acids is 2. The second-order valence-corrected chi connectivity index (χ2v) is 8.04. The van der Waals surface area contributed by atoms with Crippen molar-refractivity contribution in [1.82, 2.24) is 10.6 Å². The summed E-state index contributed by atoms with van der Waals surface area (Å²) in [5, 5.41) is 9.74. The fourth-order valence-electron chi connectivity index (χ4n) is 2.25. The summed E-state index contributed by atoms with van der Waals surface area (Å²) in [7, 11) is -3.60. The molecule has 0 atom stereocenters. The molecule has 1 aromatic heterocycles. The molecule has 0 saturated heterocycles. The van der Waals surface area contributed by atoms with Crippen LogP contribution < -0.4 is 15.8 Å². The lowest BCUT2D eigenvalue weighted by Crippen LogP contribution is -2.39. The number of amides is 2.